The number of rotatable bonds is 10. The summed E-state index contributed by atoms with van der Waals surface area (Å²) in [6.07, 6.45) is 3.38. The van der Waals surface area contributed by atoms with Gasteiger partial charge in [0.2, 0.25) is 0 Å². The van der Waals surface area contributed by atoms with Gasteiger partial charge in [0.1, 0.15) is 0 Å². The molecule has 2 rings (SSSR count). The lowest BCUT2D eigenvalue weighted by atomic mass is 10.1. The van der Waals surface area contributed by atoms with Crippen LogP contribution in [0.25, 0.3) is 0 Å². The first kappa shape index (κ1) is 26.7. The monoisotopic (exact) mass is 540 g/mol. The van der Waals surface area contributed by atoms with E-state index in [1.807, 2.05) is 6.92 Å². The van der Waals surface area contributed by atoms with Crippen molar-refractivity contribution in [2.45, 2.75) is 59.2 Å². The number of ether oxygens (including phenoxy) is 2. The lowest BCUT2D eigenvalue weighted by molar-refractivity contribution is -0.0514. The molecule has 2 N–H and O–H groups in total. The molecule has 0 amide bonds. The van der Waals surface area contributed by atoms with Crippen molar-refractivity contribution in [2.75, 3.05) is 32.8 Å². The third-order valence-electron chi connectivity index (χ3n) is 4.76. The maximum atomic E-state index is 12.6. The van der Waals surface area contributed by atoms with Crippen LogP contribution in [0.3, 0.4) is 0 Å². The Morgan fingerprint density at radius 3 is 2.53 bits per heavy atom. The Morgan fingerprint density at radius 2 is 1.93 bits per heavy atom. The summed E-state index contributed by atoms with van der Waals surface area (Å²) in [5.74, 6) is 1.12. The van der Waals surface area contributed by atoms with Crippen LogP contribution in [0.1, 0.15) is 45.6 Å². The molecule has 6 nitrogen and oxygen atoms in total. The van der Waals surface area contributed by atoms with Gasteiger partial charge in [-0.3, -0.25) is 0 Å². The van der Waals surface area contributed by atoms with Gasteiger partial charge in [-0.1, -0.05) is 13.0 Å². The molecule has 9 heteroatoms. The number of guanidine groups is 1. The maximum absolute atomic E-state index is 12.6. The molecule has 30 heavy (non-hydrogen) atoms. The van der Waals surface area contributed by atoms with Gasteiger partial charge < -0.3 is 25.0 Å². The van der Waals surface area contributed by atoms with Crippen molar-refractivity contribution in [3.63, 3.8) is 0 Å². The van der Waals surface area contributed by atoms with Crippen LogP contribution in [-0.2, 0) is 6.54 Å². The molecule has 0 unspecified atom stereocenters. The second-order valence-electron chi connectivity index (χ2n) is 7.05. The Kier molecular flexibility index (Phi) is 13.0. The minimum atomic E-state index is -2.88. The van der Waals surface area contributed by atoms with Gasteiger partial charge in [-0.05, 0) is 57.4 Å². The fourth-order valence-corrected chi connectivity index (χ4v) is 3.41. The SMILES string of the molecule is CCCN1CCC(NC(=NCc2ccc(OC(F)F)c(OCC)c2)NCC)CC1.I. The molecule has 1 heterocycles. The Balaban J connectivity index is 0.00000450. The van der Waals surface area contributed by atoms with E-state index in [9.17, 15) is 8.78 Å². The van der Waals surface area contributed by atoms with Crippen molar-refractivity contribution in [1.29, 1.82) is 0 Å². The van der Waals surface area contributed by atoms with E-state index in [1.54, 1.807) is 19.1 Å². The average molecular weight is 540 g/mol. The molecule has 1 aromatic rings. The van der Waals surface area contributed by atoms with Crippen molar-refractivity contribution in [2.24, 2.45) is 4.99 Å². The number of hydrogen-bond donors (Lipinski definition) is 2. The number of nitrogens with one attached hydrogen (secondary N) is 2. The highest BCUT2D eigenvalue weighted by molar-refractivity contribution is 14.0. The minimum Gasteiger partial charge on any atom is -0.490 e. The zero-order valence-electron chi connectivity index (χ0n) is 18.1. The first-order valence-corrected chi connectivity index (χ1v) is 10.5. The van der Waals surface area contributed by atoms with Crippen molar-refractivity contribution in [3.8, 4) is 11.5 Å². The van der Waals surface area contributed by atoms with E-state index < -0.39 is 6.61 Å². The van der Waals surface area contributed by atoms with Crippen molar-refractivity contribution in [3.05, 3.63) is 23.8 Å². The molecule has 0 aliphatic carbocycles. The molecule has 1 saturated heterocycles. The molecule has 0 spiro atoms. The normalized spacial score (nSPS) is 15.6. The first-order valence-electron chi connectivity index (χ1n) is 10.5. The summed E-state index contributed by atoms with van der Waals surface area (Å²) in [7, 11) is 0. The summed E-state index contributed by atoms with van der Waals surface area (Å²) in [4.78, 5) is 7.16. The third kappa shape index (κ3) is 9.20. The Labute approximate surface area is 195 Å². The average Bonchev–Trinajstić information content (AvgIpc) is 2.69. The lowest BCUT2D eigenvalue weighted by Gasteiger charge is -2.32. The molecule has 1 fully saturated rings. The molecule has 172 valence electrons. The summed E-state index contributed by atoms with van der Waals surface area (Å²) in [6.45, 7) is 8.09. The van der Waals surface area contributed by atoms with Crippen LogP contribution >= 0.6 is 24.0 Å². The lowest BCUT2D eigenvalue weighted by Crippen LogP contribution is -2.48. The summed E-state index contributed by atoms with van der Waals surface area (Å²) in [5.41, 5.74) is 0.866. The van der Waals surface area contributed by atoms with E-state index in [4.69, 9.17) is 4.74 Å². The molecular formula is C21H35F2IN4O2. The zero-order valence-corrected chi connectivity index (χ0v) is 20.5. The molecule has 1 aromatic carbocycles. The molecule has 0 atom stereocenters. The topological polar surface area (TPSA) is 58.1 Å². The Bertz CT molecular complexity index is 641. The second kappa shape index (κ2) is 14.6. The van der Waals surface area contributed by atoms with Crippen LogP contribution in [0.15, 0.2) is 23.2 Å². The van der Waals surface area contributed by atoms with Crippen LogP contribution < -0.4 is 20.1 Å². The van der Waals surface area contributed by atoms with E-state index in [1.165, 1.54) is 12.5 Å². The molecule has 0 saturated carbocycles. The summed E-state index contributed by atoms with van der Waals surface area (Å²) in [5, 5.41) is 6.81. The molecule has 1 aliphatic rings. The number of piperidine rings is 1. The van der Waals surface area contributed by atoms with E-state index in [2.05, 4.69) is 32.2 Å². The number of benzene rings is 1. The molecule has 0 aromatic heterocycles. The maximum Gasteiger partial charge on any atom is 0.387 e. The van der Waals surface area contributed by atoms with Gasteiger partial charge in [0.05, 0.1) is 13.2 Å². The van der Waals surface area contributed by atoms with Crippen molar-refractivity contribution < 1.29 is 18.3 Å². The second-order valence-corrected chi connectivity index (χ2v) is 7.05. The smallest absolute Gasteiger partial charge is 0.387 e. The quantitative estimate of drug-likeness (QED) is 0.264. The standard InChI is InChI=1S/C21H34F2N4O2.HI/c1-4-11-27-12-9-17(10-13-27)26-21(24-5-2)25-15-16-7-8-18(29-20(22)23)19(14-16)28-6-3;/h7-8,14,17,20H,4-6,9-13,15H2,1-3H3,(H2,24,25,26);1H. The third-order valence-corrected chi connectivity index (χ3v) is 4.76. The van der Waals surface area contributed by atoms with Gasteiger partial charge >= 0.3 is 6.61 Å². The van der Waals surface area contributed by atoms with Crippen LogP contribution in [-0.4, -0.2) is 56.3 Å². The molecule has 0 bridgehead atoms. The highest BCUT2D eigenvalue weighted by Crippen LogP contribution is 2.30. The predicted octanol–water partition coefficient (Wildman–Crippen LogP) is 4.23. The highest BCUT2D eigenvalue weighted by Gasteiger charge is 2.19. The van der Waals surface area contributed by atoms with Gasteiger partial charge in [0, 0.05) is 25.7 Å². The zero-order chi connectivity index (χ0) is 21.1. The highest BCUT2D eigenvalue weighted by atomic mass is 127. The first-order chi connectivity index (χ1) is 14.0. The molecule has 0 radical (unpaired) electrons. The number of likely N-dealkylation sites (tertiary alicyclic amines) is 1. The van der Waals surface area contributed by atoms with E-state index in [0.717, 1.165) is 50.5 Å². The van der Waals surface area contributed by atoms with Gasteiger partial charge in [-0.15, -0.1) is 24.0 Å². The predicted molar refractivity (Wildman–Crippen MR) is 127 cm³/mol. The van der Waals surface area contributed by atoms with E-state index in [0.29, 0.717) is 24.9 Å². The van der Waals surface area contributed by atoms with Crippen molar-refractivity contribution in [1.82, 2.24) is 15.5 Å². The summed E-state index contributed by atoms with van der Waals surface area (Å²) < 4.78 is 35.1. The summed E-state index contributed by atoms with van der Waals surface area (Å²) in [6, 6.07) is 5.35. The van der Waals surface area contributed by atoms with E-state index in [-0.39, 0.29) is 29.7 Å². The molecule has 1 aliphatic heterocycles. The molecular weight excluding hydrogens is 505 g/mol. The van der Waals surface area contributed by atoms with Crippen LogP contribution in [0.2, 0.25) is 0 Å². The Morgan fingerprint density at radius 1 is 1.20 bits per heavy atom. The van der Waals surface area contributed by atoms with Crippen LogP contribution in [0.5, 0.6) is 11.5 Å². The van der Waals surface area contributed by atoms with Crippen molar-refractivity contribution >= 4 is 29.9 Å². The largest absolute Gasteiger partial charge is 0.490 e. The van der Waals surface area contributed by atoms with E-state index >= 15 is 0 Å². The van der Waals surface area contributed by atoms with Gasteiger partial charge in [-0.2, -0.15) is 8.78 Å². The number of aliphatic imine (C=N–C) groups is 1. The van der Waals surface area contributed by atoms with Crippen LogP contribution in [0, 0.1) is 0 Å². The fraction of sp³-hybridized carbons (Fsp3) is 0.667. The summed E-state index contributed by atoms with van der Waals surface area (Å²) >= 11 is 0. The van der Waals surface area contributed by atoms with Gasteiger partial charge in [-0.25, -0.2) is 4.99 Å². The number of halogens is 3. The van der Waals surface area contributed by atoms with Gasteiger partial charge in [0.15, 0.2) is 17.5 Å². The van der Waals surface area contributed by atoms with Gasteiger partial charge in [0.25, 0.3) is 0 Å². The number of nitrogens with zero attached hydrogens (tertiary/aromatic N) is 2. The minimum absolute atomic E-state index is 0. The van der Waals surface area contributed by atoms with Crippen LogP contribution in [0.4, 0.5) is 8.78 Å². The number of hydrogen-bond acceptors (Lipinski definition) is 4. The fourth-order valence-electron chi connectivity index (χ4n) is 3.41. The number of alkyl halides is 2. The Hall–Kier alpha value is -1.36.